The fourth-order valence-electron chi connectivity index (χ4n) is 2.02. The van der Waals surface area contributed by atoms with Gasteiger partial charge in [-0.25, -0.2) is 0 Å². The Morgan fingerprint density at radius 1 is 1.27 bits per heavy atom. The molecule has 1 amide bonds. The first kappa shape index (κ1) is 16.1. The van der Waals surface area contributed by atoms with Gasteiger partial charge >= 0.3 is 0 Å². The molecular formula is C17H15BrN2O2. The van der Waals surface area contributed by atoms with Gasteiger partial charge in [0, 0.05) is 4.47 Å². The molecule has 2 aromatic carbocycles. The number of nitrogens with one attached hydrogen (secondary N) is 1. The largest absolute Gasteiger partial charge is 0.482 e. The summed E-state index contributed by atoms with van der Waals surface area (Å²) in [6, 6.07) is 16.4. The highest BCUT2D eigenvalue weighted by Gasteiger charge is 2.13. The molecule has 0 spiro atoms. The van der Waals surface area contributed by atoms with Crippen LogP contribution >= 0.6 is 15.9 Å². The van der Waals surface area contributed by atoms with Crippen LogP contribution in [0.2, 0.25) is 0 Å². The first-order valence-corrected chi connectivity index (χ1v) is 7.57. The van der Waals surface area contributed by atoms with E-state index in [2.05, 4.69) is 21.2 Å². The maximum Gasteiger partial charge on any atom is 0.258 e. The van der Waals surface area contributed by atoms with Crippen LogP contribution in [-0.2, 0) is 4.79 Å². The first-order valence-electron chi connectivity index (χ1n) is 6.77. The zero-order valence-corrected chi connectivity index (χ0v) is 13.6. The number of carbonyl (C=O) groups is 1. The molecule has 1 unspecified atom stereocenters. The number of hydrogen-bond acceptors (Lipinski definition) is 3. The highest BCUT2D eigenvalue weighted by Crippen LogP contribution is 2.22. The molecule has 0 radical (unpaired) electrons. The second-order valence-corrected chi connectivity index (χ2v) is 5.56. The molecule has 0 bridgehead atoms. The van der Waals surface area contributed by atoms with Crippen molar-refractivity contribution in [2.24, 2.45) is 0 Å². The molecule has 0 heterocycles. The third kappa shape index (κ3) is 4.09. The lowest BCUT2D eigenvalue weighted by Crippen LogP contribution is -2.31. The van der Waals surface area contributed by atoms with Crippen LogP contribution in [0.5, 0.6) is 5.75 Å². The van der Waals surface area contributed by atoms with Crippen molar-refractivity contribution in [3.63, 3.8) is 0 Å². The summed E-state index contributed by atoms with van der Waals surface area (Å²) in [4.78, 5) is 12.0. The molecule has 5 heteroatoms. The molecule has 2 aromatic rings. The van der Waals surface area contributed by atoms with E-state index in [0.717, 1.165) is 10.0 Å². The molecule has 1 N–H and O–H groups in total. The van der Waals surface area contributed by atoms with Crippen LogP contribution in [0.15, 0.2) is 53.0 Å². The second-order valence-electron chi connectivity index (χ2n) is 4.71. The zero-order chi connectivity index (χ0) is 15.9. The summed E-state index contributed by atoms with van der Waals surface area (Å²) >= 11 is 3.46. The molecule has 1 atom stereocenters. The summed E-state index contributed by atoms with van der Waals surface area (Å²) in [7, 11) is 0. The third-order valence-electron chi connectivity index (χ3n) is 3.12. The Morgan fingerprint density at radius 2 is 1.95 bits per heavy atom. The topological polar surface area (TPSA) is 62.1 Å². The fourth-order valence-corrected chi connectivity index (χ4v) is 2.64. The molecule has 112 valence electrons. The molecule has 0 saturated carbocycles. The van der Waals surface area contributed by atoms with Gasteiger partial charge in [0.25, 0.3) is 5.91 Å². The average molecular weight is 359 g/mol. The maximum absolute atomic E-state index is 12.0. The van der Waals surface area contributed by atoms with Crippen molar-refractivity contribution in [2.75, 3.05) is 6.61 Å². The van der Waals surface area contributed by atoms with Crippen molar-refractivity contribution < 1.29 is 9.53 Å². The molecule has 0 aromatic heterocycles. The summed E-state index contributed by atoms with van der Waals surface area (Å²) < 4.78 is 6.35. The standard InChI is InChI=1S/C17H15BrN2O2/c1-12(14-7-3-4-8-15(14)18)20-17(21)11-22-16-9-5-2-6-13(16)10-19/h2-9,12H,11H2,1H3,(H,20,21). The van der Waals surface area contributed by atoms with Crippen LogP contribution in [0, 0.1) is 11.3 Å². The molecule has 0 saturated heterocycles. The zero-order valence-electron chi connectivity index (χ0n) is 12.0. The fraction of sp³-hybridized carbons (Fsp3) is 0.176. The predicted molar refractivity (Wildman–Crippen MR) is 87.4 cm³/mol. The number of amides is 1. The van der Waals surface area contributed by atoms with Crippen LogP contribution in [0.3, 0.4) is 0 Å². The lowest BCUT2D eigenvalue weighted by Gasteiger charge is -2.16. The molecule has 4 nitrogen and oxygen atoms in total. The van der Waals surface area contributed by atoms with Gasteiger partial charge in [0.05, 0.1) is 11.6 Å². The summed E-state index contributed by atoms with van der Waals surface area (Å²) in [6.45, 7) is 1.77. The Balaban J connectivity index is 1.94. The minimum Gasteiger partial charge on any atom is -0.482 e. The summed E-state index contributed by atoms with van der Waals surface area (Å²) in [5.41, 5.74) is 1.41. The number of ether oxygens (including phenoxy) is 1. The molecular weight excluding hydrogens is 344 g/mol. The minimum atomic E-state index is -0.240. The van der Waals surface area contributed by atoms with Gasteiger partial charge in [-0.05, 0) is 30.7 Å². The van der Waals surface area contributed by atoms with E-state index < -0.39 is 0 Å². The van der Waals surface area contributed by atoms with E-state index in [1.165, 1.54) is 0 Å². The van der Waals surface area contributed by atoms with Gasteiger partial charge in [-0.15, -0.1) is 0 Å². The van der Waals surface area contributed by atoms with E-state index in [1.807, 2.05) is 37.3 Å². The highest BCUT2D eigenvalue weighted by atomic mass is 79.9. The van der Waals surface area contributed by atoms with Crippen LogP contribution < -0.4 is 10.1 Å². The lowest BCUT2D eigenvalue weighted by atomic mass is 10.1. The number of nitriles is 1. The predicted octanol–water partition coefficient (Wildman–Crippen LogP) is 3.58. The Bertz CT molecular complexity index is 710. The van der Waals surface area contributed by atoms with Gasteiger partial charge in [0.1, 0.15) is 11.8 Å². The third-order valence-corrected chi connectivity index (χ3v) is 3.84. The molecule has 0 aliphatic heterocycles. The van der Waals surface area contributed by atoms with E-state index in [0.29, 0.717) is 11.3 Å². The molecule has 0 aliphatic carbocycles. The van der Waals surface area contributed by atoms with Gasteiger partial charge in [0.15, 0.2) is 6.61 Å². The smallest absolute Gasteiger partial charge is 0.258 e. The number of benzene rings is 2. The van der Waals surface area contributed by atoms with E-state index in [4.69, 9.17) is 10.00 Å². The average Bonchev–Trinajstić information content (AvgIpc) is 2.53. The van der Waals surface area contributed by atoms with E-state index in [9.17, 15) is 4.79 Å². The quantitative estimate of drug-likeness (QED) is 0.888. The normalized spacial score (nSPS) is 11.3. The Morgan fingerprint density at radius 3 is 2.68 bits per heavy atom. The number of hydrogen-bond donors (Lipinski definition) is 1. The maximum atomic E-state index is 12.0. The van der Waals surface area contributed by atoms with Crippen molar-refractivity contribution in [3.8, 4) is 11.8 Å². The Hall–Kier alpha value is -2.32. The summed E-state index contributed by atoms with van der Waals surface area (Å²) in [5, 5.41) is 11.8. The van der Waals surface area contributed by atoms with Crippen molar-refractivity contribution in [1.29, 1.82) is 5.26 Å². The van der Waals surface area contributed by atoms with E-state index in [1.54, 1.807) is 24.3 Å². The Kier molecular flexibility index (Phi) is 5.56. The minimum absolute atomic E-state index is 0.131. The van der Waals surface area contributed by atoms with Crippen molar-refractivity contribution in [3.05, 3.63) is 64.1 Å². The number of para-hydroxylation sites is 1. The SMILES string of the molecule is CC(NC(=O)COc1ccccc1C#N)c1ccccc1Br. The molecule has 0 fully saturated rings. The lowest BCUT2D eigenvalue weighted by molar-refractivity contribution is -0.123. The van der Waals surface area contributed by atoms with Gasteiger partial charge in [0.2, 0.25) is 0 Å². The molecule has 2 rings (SSSR count). The monoisotopic (exact) mass is 358 g/mol. The summed E-state index contributed by atoms with van der Waals surface area (Å²) in [6.07, 6.45) is 0. The molecule has 0 aliphatic rings. The first-order chi connectivity index (χ1) is 10.6. The van der Waals surface area contributed by atoms with Gasteiger partial charge in [-0.1, -0.05) is 46.3 Å². The van der Waals surface area contributed by atoms with Gasteiger partial charge in [-0.3, -0.25) is 4.79 Å². The van der Waals surface area contributed by atoms with Gasteiger partial charge in [-0.2, -0.15) is 5.26 Å². The number of carbonyl (C=O) groups excluding carboxylic acids is 1. The number of halogens is 1. The van der Waals surface area contributed by atoms with Crippen LogP contribution in [0.25, 0.3) is 0 Å². The van der Waals surface area contributed by atoms with Crippen LogP contribution in [0.1, 0.15) is 24.1 Å². The van der Waals surface area contributed by atoms with Crippen LogP contribution in [0.4, 0.5) is 0 Å². The Labute approximate surface area is 137 Å². The van der Waals surface area contributed by atoms with E-state index in [-0.39, 0.29) is 18.6 Å². The summed E-state index contributed by atoms with van der Waals surface area (Å²) in [5.74, 6) is 0.171. The second kappa shape index (κ2) is 7.62. The van der Waals surface area contributed by atoms with Crippen molar-refractivity contribution >= 4 is 21.8 Å². The highest BCUT2D eigenvalue weighted by molar-refractivity contribution is 9.10. The van der Waals surface area contributed by atoms with Crippen molar-refractivity contribution in [1.82, 2.24) is 5.32 Å². The molecule has 22 heavy (non-hydrogen) atoms. The van der Waals surface area contributed by atoms with E-state index >= 15 is 0 Å². The number of nitrogens with zero attached hydrogens (tertiary/aromatic N) is 1. The van der Waals surface area contributed by atoms with Crippen LogP contribution in [-0.4, -0.2) is 12.5 Å². The number of rotatable bonds is 5. The van der Waals surface area contributed by atoms with Crippen molar-refractivity contribution in [2.45, 2.75) is 13.0 Å². The van der Waals surface area contributed by atoms with Gasteiger partial charge < -0.3 is 10.1 Å².